The fraction of sp³-hybridized carbons (Fsp3) is 0.0833. The highest BCUT2D eigenvalue weighted by molar-refractivity contribution is 5.92. The minimum Gasteiger partial charge on any atom is -0.324 e. The third-order valence-corrected chi connectivity index (χ3v) is 4.82. The van der Waals surface area contributed by atoms with Crippen molar-refractivity contribution in [2.24, 2.45) is 0 Å². The SMILES string of the molecule is O=C(Cc1ccc(-c2ccnnc2)c(C(F)(F)F)c1)Nc1ccc(-c2cccc(F)c2)nc1. The van der Waals surface area contributed by atoms with E-state index in [1.807, 2.05) is 0 Å². The molecule has 9 heteroatoms. The molecule has 166 valence electrons. The second kappa shape index (κ2) is 9.15. The van der Waals surface area contributed by atoms with Gasteiger partial charge < -0.3 is 5.32 Å². The molecule has 0 saturated heterocycles. The van der Waals surface area contributed by atoms with Gasteiger partial charge in [-0.15, -0.1) is 0 Å². The molecular weight excluding hydrogens is 436 g/mol. The topological polar surface area (TPSA) is 67.8 Å². The van der Waals surface area contributed by atoms with Crippen LogP contribution in [0.15, 0.2) is 79.3 Å². The molecule has 4 aromatic rings. The summed E-state index contributed by atoms with van der Waals surface area (Å²) in [5, 5.41) is 9.82. The van der Waals surface area contributed by atoms with Gasteiger partial charge in [-0.2, -0.15) is 23.4 Å². The molecule has 33 heavy (non-hydrogen) atoms. The quantitative estimate of drug-likeness (QED) is 0.404. The van der Waals surface area contributed by atoms with E-state index in [9.17, 15) is 22.4 Å². The number of rotatable bonds is 5. The Labute approximate surface area is 186 Å². The maximum Gasteiger partial charge on any atom is 0.417 e. The second-order valence-electron chi connectivity index (χ2n) is 7.18. The number of aromatic nitrogens is 3. The molecule has 2 heterocycles. The first-order valence-electron chi connectivity index (χ1n) is 9.78. The number of nitrogens with zero attached hydrogens (tertiary/aromatic N) is 3. The van der Waals surface area contributed by atoms with E-state index in [1.54, 1.807) is 24.3 Å². The van der Waals surface area contributed by atoms with Gasteiger partial charge in [-0.3, -0.25) is 9.78 Å². The van der Waals surface area contributed by atoms with Crippen LogP contribution in [0.1, 0.15) is 11.1 Å². The Morgan fingerprint density at radius 1 is 0.909 bits per heavy atom. The maximum absolute atomic E-state index is 13.6. The Morgan fingerprint density at radius 2 is 1.76 bits per heavy atom. The molecule has 0 atom stereocenters. The van der Waals surface area contributed by atoms with Gasteiger partial charge in [0, 0.05) is 11.1 Å². The number of anilines is 1. The molecule has 0 bridgehead atoms. The highest BCUT2D eigenvalue weighted by Crippen LogP contribution is 2.37. The molecule has 0 aliphatic carbocycles. The van der Waals surface area contributed by atoms with Gasteiger partial charge in [-0.25, -0.2) is 4.39 Å². The molecule has 0 unspecified atom stereocenters. The van der Waals surface area contributed by atoms with Crippen LogP contribution in [0, 0.1) is 5.82 Å². The fourth-order valence-electron chi connectivity index (χ4n) is 3.31. The molecule has 4 rings (SSSR count). The first-order chi connectivity index (χ1) is 15.8. The van der Waals surface area contributed by atoms with Gasteiger partial charge in [-0.05, 0) is 47.5 Å². The van der Waals surface area contributed by atoms with E-state index in [0.29, 0.717) is 16.9 Å². The van der Waals surface area contributed by atoms with Crippen molar-refractivity contribution in [3.8, 4) is 22.4 Å². The van der Waals surface area contributed by atoms with Crippen molar-refractivity contribution >= 4 is 11.6 Å². The molecule has 5 nitrogen and oxygen atoms in total. The summed E-state index contributed by atoms with van der Waals surface area (Å²) >= 11 is 0. The molecule has 0 radical (unpaired) electrons. The lowest BCUT2D eigenvalue weighted by atomic mass is 9.97. The zero-order valence-corrected chi connectivity index (χ0v) is 17.0. The number of carbonyl (C=O) groups is 1. The molecule has 1 N–H and O–H groups in total. The van der Waals surface area contributed by atoms with Crippen LogP contribution in [0.25, 0.3) is 22.4 Å². The minimum atomic E-state index is -4.61. The molecule has 0 saturated carbocycles. The summed E-state index contributed by atoms with van der Waals surface area (Å²) < 4.78 is 54.3. The van der Waals surface area contributed by atoms with Crippen molar-refractivity contribution in [1.29, 1.82) is 0 Å². The van der Waals surface area contributed by atoms with E-state index in [0.717, 1.165) is 6.07 Å². The third kappa shape index (κ3) is 5.38. The molecule has 0 aliphatic rings. The monoisotopic (exact) mass is 452 g/mol. The highest BCUT2D eigenvalue weighted by Gasteiger charge is 2.34. The number of amides is 1. The molecule has 2 aromatic carbocycles. The fourth-order valence-corrected chi connectivity index (χ4v) is 3.31. The number of nitrogens with one attached hydrogen (secondary N) is 1. The minimum absolute atomic E-state index is 0.0429. The van der Waals surface area contributed by atoms with Crippen LogP contribution in [0.3, 0.4) is 0 Å². The zero-order chi connectivity index (χ0) is 23.4. The van der Waals surface area contributed by atoms with E-state index in [4.69, 9.17) is 0 Å². The number of pyridine rings is 1. The van der Waals surface area contributed by atoms with E-state index >= 15 is 0 Å². The predicted octanol–water partition coefficient (Wildman–Crippen LogP) is 5.54. The van der Waals surface area contributed by atoms with Gasteiger partial charge >= 0.3 is 6.18 Å². The van der Waals surface area contributed by atoms with E-state index in [2.05, 4.69) is 20.5 Å². The van der Waals surface area contributed by atoms with Gasteiger partial charge in [0.2, 0.25) is 5.91 Å². The molecule has 2 aromatic heterocycles. The molecule has 0 spiro atoms. The first-order valence-corrected chi connectivity index (χ1v) is 9.78. The summed E-state index contributed by atoms with van der Waals surface area (Å²) in [6.45, 7) is 0. The lowest BCUT2D eigenvalue weighted by Gasteiger charge is -2.14. The van der Waals surface area contributed by atoms with Crippen LogP contribution < -0.4 is 5.32 Å². The number of hydrogen-bond donors (Lipinski definition) is 1. The molecule has 1 amide bonds. The van der Waals surface area contributed by atoms with Crippen molar-refractivity contribution in [2.75, 3.05) is 5.32 Å². The Bertz CT molecular complexity index is 1280. The predicted molar refractivity (Wildman–Crippen MR) is 114 cm³/mol. The summed E-state index contributed by atoms with van der Waals surface area (Å²) in [6.07, 6.45) is -0.911. The first kappa shape index (κ1) is 22.1. The molecular formula is C24H16F4N4O. The van der Waals surface area contributed by atoms with Crippen molar-refractivity contribution in [2.45, 2.75) is 12.6 Å². The van der Waals surface area contributed by atoms with Gasteiger partial charge in [0.15, 0.2) is 0 Å². The summed E-state index contributed by atoms with van der Waals surface area (Å²) in [7, 11) is 0. The lowest BCUT2D eigenvalue weighted by molar-refractivity contribution is -0.137. The van der Waals surface area contributed by atoms with Crippen molar-refractivity contribution in [3.05, 3.63) is 96.2 Å². The number of alkyl halides is 3. The standard InChI is InChI=1S/C24H16F4N4O/c25-18-3-1-2-16(12-18)22-7-5-19(14-29-22)32-23(33)11-15-4-6-20(17-8-9-30-31-13-17)21(10-15)24(26,27)28/h1-10,12-14H,11H2,(H,32,33). The van der Waals surface area contributed by atoms with Crippen LogP contribution in [0.4, 0.5) is 23.2 Å². The van der Waals surface area contributed by atoms with Gasteiger partial charge in [0.1, 0.15) is 5.82 Å². The maximum atomic E-state index is 13.6. The highest BCUT2D eigenvalue weighted by atomic mass is 19.4. The summed E-state index contributed by atoms with van der Waals surface area (Å²) in [4.78, 5) is 16.6. The largest absolute Gasteiger partial charge is 0.417 e. The summed E-state index contributed by atoms with van der Waals surface area (Å²) in [5.74, 6) is -0.891. The average molecular weight is 452 g/mol. The Hall–Kier alpha value is -4.14. The number of hydrogen-bond acceptors (Lipinski definition) is 4. The van der Waals surface area contributed by atoms with Crippen LogP contribution >= 0.6 is 0 Å². The Kier molecular flexibility index (Phi) is 6.12. The van der Waals surface area contributed by atoms with Crippen LogP contribution in [-0.4, -0.2) is 21.1 Å². The van der Waals surface area contributed by atoms with Crippen molar-refractivity contribution in [3.63, 3.8) is 0 Å². The van der Waals surface area contributed by atoms with Gasteiger partial charge in [-0.1, -0.05) is 24.3 Å². The summed E-state index contributed by atoms with van der Waals surface area (Å²) in [5.41, 5.74) is 1.05. The zero-order valence-electron chi connectivity index (χ0n) is 17.0. The Balaban J connectivity index is 1.49. The van der Waals surface area contributed by atoms with E-state index < -0.39 is 23.5 Å². The van der Waals surface area contributed by atoms with Crippen molar-refractivity contribution < 1.29 is 22.4 Å². The van der Waals surface area contributed by atoms with Gasteiger partial charge in [0.05, 0.1) is 42.0 Å². The number of carbonyl (C=O) groups excluding carboxylic acids is 1. The smallest absolute Gasteiger partial charge is 0.324 e. The van der Waals surface area contributed by atoms with Crippen LogP contribution in [0.5, 0.6) is 0 Å². The lowest BCUT2D eigenvalue weighted by Crippen LogP contribution is -2.15. The van der Waals surface area contributed by atoms with Crippen LogP contribution in [-0.2, 0) is 17.4 Å². The molecule has 0 fully saturated rings. The normalized spacial score (nSPS) is 11.3. The Morgan fingerprint density at radius 3 is 2.42 bits per heavy atom. The summed E-state index contributed by atoms with van der Waals surface area (Å²) in [6, 6.07) is 14.3. The van der Waals surface area contributed by atoms with E-state index in [-0.39, 0.29) is 23.1 Å². The van der Waals surface area contributed by atoms with E-state index in [1.165, 1.54) is 48.9 Å². The average Bonchev–Trinajstić information content (AvgIpc) is 2.79. The van der Waals surface area contributed by atoms with Gasteiger partial charge in [0.25, 0.3) is 0 Å². The second-order valence-corrected chi connectivity index (χ2v) is 7.18. The number of benzene rings is 2. The molecule has 0 aliphatic heterocycles. The van der Waals surface area contributed by atoms with Crippen molar-refractivity contribution in [1.82, 2.24) is 15.2 Å². The van der Waals surface area contributed by atoms with Crippen LogP contribution in [0.2, 0.25) is 0 Å². The number of halogens is 4. The third-order valence-electron chi connectivity index (χ3n) is 4.82.